The monoisotopic (exact) mass is 1370 g/mol. The number of aromatic nitrogens is 7. The Kier molecular flexibility index (Phi) is 18.3. The zero-order valence-corrected chi connectivity index (χ0v) is 54.2. The highest BCUT2D eigenvalue weighted by Gasteiger charge is 2.35. The van der Waals surface area contributed by atoms with Crippen molar-refractivity contribution in [2.24, 2.45) is 11.8 Å². The number of nitrogens with zero attached hydrogens (tertiary/aromatic N) is 8. The van der Waals surface area contributed by atoms with Crippen LogP contribution in [-0.2, 0) is 35.3 Å². The van der Waals surface area contributed by atoms with E-state index >= 15 is 0 Å². The Bertz CT molecular complexity index is 4420. The summed E-state index contributed by atoms with van der Waals surface area (Å²) in [4.78, 5) is 142. The van der Waals surface area contributed by atoms with E-state index in [2.05, 4.69) is 41.5 Å². The first-order valence-corrected chi connectivity index (χ1v) is 33.3. The fourth-order valence-corrected chi connectivity index (χ4v) is 15.2. The van der Waals surface area contributed by atoms with Gasteiger partial charge in [0.05, 0.1) is 50.9 Å². The number of aliphatic hydroxyl groups excluding tert-OH is 1. The van der Waals surface area contributed by atoms with Crippen LogP contribution in [0.3, 0.4) is 0 Å². The summed E-state index contributed by atoms with van der Waals surface area (Å²) in [5.74, 6) is -8.75. The summed E-state index contributed by atoms with van der Waals surface area (Å²) >= 11 is 6.09. The van der Waals surface area contributed by atoms with Gasteiger partial charge in [-0.05, 0) is 69.0 Å². The third-order valence-corrected chi connectivity index (χ3v) is 20.1. The van der Waals surface area contributed by atoms with Gasteiger partial charge in [0.25, 0.3) is 17.7 Å². The Morgan fingerprint density at radius 1 is 0.717 bits per heavy atom. The predicted octanol–water partition coefficient (Wildman–Crippen LogP) is 9.15. The van der Waals surface area contributed by atoms with Crippen LogP contribution in [0, 0.1) is 18.8 Å². The SMILES string of the molecule is [2H]C([2H])(C(=O)O)C([2H])([2H])C([2H])([2H])C([2H])([2H])N(C(=O)OC1CCC(C(=O)O)CC1)c1csc(-c2ccc3c(n2)-c2csc(n2)-c2csc(n2)C([C@@H](O)c2ccccc2)NC(=O)CNC(=O)c2nc(sc2COC)C(C(C)C)NC(=O)c2nc(sc2C)C(CC(=O)NC)NC(=O)c2csc-3n2)n1. The molecule has 0 spiro atoms. The summed E-state index contributed by atoms with van der Waals surface area (Å²) in [6.45, 7) is 0.648. The topological polar surface area (TPSA) is 369 Å². The Balaban J connectivity index is 1.08. The number of thiazole rings is 6. The molecule has 8 heterocycles. The van der Waals surface area contributed by atoms with E-state index in [-0.39, 0.29) is 120 Å². The molecule has 1 aliphatic heterocycles. The average Bonchev–Trinajstić information content (AvgIpc) is 0.849. The molecule has 1 aromatic carbocycles. The first-order chi connectivity index (χ1) is 47.3. The van der Waals surface area contributed by atoms with Crippen LogP contribution in [0.2, 0.25) is 0 Å². The second-order valence-corrected chi connectivity index (χ2v) is 26.8. The van der Waals surface area contributed by atoms with Gasteiger partial charge >= 0.3 is 18.0 Å². The van der Waals surface area contributed by atoms with Gasteiger partial charge in [0, 0.05) is 67.2 Å². The Morgan fingerprint density at radius 3 is 2.15 bits per heavy atom. The van der Waals surface area contributed by atoms with Crippen LogP contribution in [0.25, 0.3) is 43.4 Å². The van der Waals surface area contributed by atoms with Crippen molar-refractivity contribution in [3.05, 3.63) is 111 Å². The molecular weight excluding hydrogens is 1300 g/mol. The van der Waals surface area contributed by atoms with E-state index in [1.165, 1.54) is 31.7 Å². The van der Waals surface area contributed by atoms with Crippen molar-refractivity contribution in [2.45, 2.75) is 109 Å². The summed E-state index contributed by atoms with van der Waals surface area (Å²) in [7, 11) is 2.84. The molecule has 2 aliphatic rings. The summed E-state index contributed by atoms with van der Waals surface area (Å²) in [6.07, 6.45) is -16.9. The number of fused-ring (bicyclic) bond motifs is 14. The summed E-state index contributed by atoms with van der Waals surface area (Å²) in [5, 5.41) is 52.1. The molecule has 10 bridgehead atoms. The van der Waals surface area contributed by atoms with Crippen LogP contribution in [0.15, 0.2) is 64.0 Å². The molecule has 92 heavy (non-hydrogen) atoms. The molecule has 26 nitrogen and oxygen atoms in total. The van der Waals surface area contributed by atoms with Crippen LogP contribution in [-0.4, -0.2) is 131 Å². The minimum atomic E-state index is -4.22. The molecule has 4 atom stereocenters. The molecule has 8 aromatic rings. The molecule has 0 radical (unpaired) electrons. The molecule has 6 amide bonds. The first-order valence-electron chi connectivity index (χ1n) is 32.2. The zero-order valence-electron chi connectivity index (χ0n) is 57.3. The molecular formula is C60H63N13O13S6. The van der Waals surface area contributed by atoms with Crippen molar-refractivity contribution in [1.29, 1.82) is 0 Å². The number of anilines is 1. The lowest BCUT2D eigenvalue weighted by molar-refractivity contribution is -0.143. The normalized spacial score (nSPS) is 20.3. The quantitative estimate of drug-likeness (QED) is 0.0447. The van der Waals surface area contributed by atoms with Crippen molar-refractivity contribution >= 4 is 121 Å². The van der Waals surface area contributed by atoms with Gasteiger partial charge in [-0.15, -0.1) is 68.0 Å². The van der Waals surface area contributed by atoms with Gasteiger partial charge < -0.3 is 51.4 Å². The smallest absolute Gasteiger partial charge is 0.415 e. The number of hydrogen-bond donors (Lipinski definition) is 8. The second kappa shape index (κ2) is 29.9. The van der Waals surface area contributed by atoms with E-state index in [9.17, 15) is 53.7 Å². The predicted molar refractivity (Wildman–Crippen MR) is 346 cm³/mol. The number of aliphatic hydroxyl groups is 1. The highest BCUT2D eigenvalue weighted by atomic mass is 32.1. The standard InChI is InChI=1S/C60H63N13O13S6/c1-28(2)44-58-72-47(39(92-58)23-85-5)51(80)62-22-42(75)69-48(49(78)30-11-7-6-8-12-30)57-67-38(26-89-57)55-65-36(24-88-55)46-33(53-66-37(25-87-53)50(79)64-35(21-41(74)61-4)56-71-45(29(3)91-56)52(81)70-44)18-19-34(63-46)54-68-40(27-90-54)73(20-10-9-13-43(76)77)60(84)86-32-16-14-31(15-17-32)59(82)83/h6-8,11-12,18-19,24-28,31-32,35,44,48-49,78H,9-10,13-17,20-23H2,1-5H3,(H,61,74)(H,62,80)(H,64,79)(H,69,75)(H,70,81)(H,76,77)(H,82,83)/t31?,32?,35?,44?,48?,49-/m0/s1/i9D2,10D2,13D2,20D2. The number of nitrogens with one attached hydrogen (secondary N) is 5. The number of aryl methyl sites for hydroxylation is 1. The number of aliphatic carboxylic acids is 2. The maximum Gasteiger partial charge on any atom is 0.415 e. The molecule has 10 rings (SSSR count). The van der Waals surface area contributed by atoms with E-state index in [1.807, 2.05) is 13.8 Å². The van der Waals surface area contributed by atoms with Gasteiger partial charge in [-0.2, -0.15) is 0 Å². The Morgan fingerprint density at radius 2 is 1.42 bits per heavy atom. The largest absolute Gasteiger partial charge is 0.481 e. The van der Waals surface area contributed by atoms with Gasteiger partial charge in [-0.25, -0.2) is 39.7 Å². The van der Waals surface area contributed by atoms with Gasteiger partial charge in [0.15, 0.2) is 0 Å². The van der Waals surface area contributed by atoms with Crippen LogP contribution < -0.4 is 31.5 Å². The second-order valence-electron chi connectivity index (χ2n) is 21.0. The van der Waals surface area contributed by atoms with Crippen molar-refractivity contribution in [3.63, 3.8) is 0 Å². The summed E-state index contributed by atoms with van der Waals surface area (Å²) in [6, 6.07) is 8.30. The van der Waals surface area contributed by atoms with E-state index in [0.29, 0.717) is 20.3 Å². The number of rotatable bonds is 16. The number of carboxylic acids is 2. The molecule has 7 aromatic heterocycles. The van der Waals surface area contributed by atoms with E-state index < -0.39 is 122 Å². The third kappa shape index (κ3) is 15.7. The number of hydrogen-bond acceptors (Lipinski definition) is 24. The number of ether oxygens (including phenoxy) is 2. The Hall–Kier alpha value is -8.37. The maximum atomic E-state index is 14.5. The number of carbonyl (C=O) groups is 8. The van der Waals surface area contributed by atoms with Crippen molar-refractivity contribution < 1.29 is 74.1 Å². The molecule has 0 saturated heterocycles. The molecule has 8 N–H and O–H groups in total. The van der Waals surface area contributed by atoms with Crippen LogP contribution in [0.5, 0.6) is 0 Å². The lowest BCUT2D eigenvalue weighted by Crippen LogP contribution is -2.40. The zero-order chi connectivity index (χ0) is 72.5. The van der Waals surface area contributed by atoms with Gasteiger partial charge in [0.1, 0.15) is 88.3 Å². The first kappa shape index (κ1) is 56.4. The summed E-state index contributed by atoms with van der Waals surface area (Å²) in [5.41, 5.74) is 0.926. The molecule has 1 aliphatic carbocycles. The molecule has 32 heteroatoms. The number of benzene rings is 1. The molecule has 1 saturated carbocycles. The lowest BCUT2D eigenvalue weighted by Gasteiger charge is -2.28. The van der Waals surface area contributed by atoms with E-state index in [1.54, 1.807) is 48.0 Å². The fraction of sp³-hybridized carbons (Fsp3) is 0.383. The van der Waals surface area contributed by atoms with Crippen LogP contribution >= 0.6 is 68.0 Å². The molecule has 1 fully saturated rings. The molecule has 482 valence electrons. The number of methoxy groups -OCH3 is 1. The summed E-state index contributed by atoms with van der Waals surface area (Å²) < 4.78 is 80.0. The molecule has 3 unspecified atom stereocenters. The average molecular weight is 1370 g/mol. The van der Waals surface area contributed by atoms with Crippen LogP contribution in [0.4, 0.5) is 10.6 Å². The number of carbonyl (C=O) groups excluding carboxylic acids is 6. The van der Waals surface area contributed by atoms with E-state index in [0.717, 1.165) is 73.4 Å². The minimum absolute atomic E-state index is 0.00765. The maximum absolute atomic E-state index is 14.5. The minimum Gasteiger partial charge on any atom is -0.481 e. The van der Waals surface area contributed by atoms with E-state index in [4.69, 9.17) is 40.4 Å². The van der Waals surface area contributed by atoms with Crippen molar-refractivity contribution in [1.82, 2.24) is 61.5 Å². The highest BCUT2D eigenvalue weighted by molar-refractivity contribution is 7.15. The van der Waals surface area contributed by atoms with Gasteiger partial charge in [0.2, 0.25) is 11.8 Å². The lowest BCUT2D eigenvalue weighted by atomic mass is 9.87. The van der Waals surface area contributed by atoms with Gasteiger partial charge in [-0.3, -0.25) is 38.5 Å². The number of carboxylic acid groups (broad SMARTS) is 2. The third-order valence-electron chi connectivity index (χ3n) is 14.3. The van der Waals surface area contributed by atoms with Gasteiger partial charge in [-0.1, -0.05) is 44.2 Å². The Labute approximate surface area is 561 Å². The van der Waals surface area contributed by atoms with Crippen molar-refractivity contribution in [2.75, 3.05) is 32.1 Å². The van der Waals surface area contributed by atoms with Crippen molar-refractivity contribution in [3.8, 4) is 43.4 Å². The highest BCUT2D eigenvalue weighted by Crippen LogP contribution is 2.41. The van der Waals surface area contributed by atoms with Crippen LogP contribution in [0.1, 0.15) is 162 Å². The number of pyridine rings is 1. The number of amides is 6. The fourth-order valence-electron chi connectivity index (χ4n) is 9.67.